The first-order valence-electron chi connectivity index (χ1n) is 8.68. The maximum absolute atomic E-state index is 10.4. The Bertz CT molecular complexity index is 854. The molecular weight excluding hydrogens is 306 g/mol. The van der Waals surface area contributed by atoms with E-state index in [1.54, 1.807) is 0 Å². The van der Waals surface area contributed by atoms with Crippen LogP contribution in [0, 0.1) is 0 Å². The zero-order valence-corrected chi connectivity index (χ0v) is 14.0. The largest absolute Gasteiger partial charge is 0.313 e. The molecule has 0 aromatic heterocycles. The molecule has 0 aliphatic carbocycles. The van der Waals surface area contributed by atoms with Crippen LogP contribution in [0.15, 0.2) is 91.0 Å². The van der Waals surface area contributed by atoms with Crippen LogP contribution in [0.3, 0.4) is 0 Å². The fraction of sp³-hybridized carbons (Fsp3) is 0.130. The second kappa shape index (κ2) is 7.06. The van der Waals surface area contributed by atoms with E-state index < -0.39 is 0 Å². The van der Waals surface area contributed by atoms with Gasteiger partial charge in [-0.2, -0.15) is 5.06 Å². The zero-order chi connectivity index (χ0) is 17.1. The van der Waals surface area contributed by atoms with Crippen molar-refractivity contribution in [3.8, 4) is 11.1 Å². The molecule has 0 amide bonds. The van der Waals surface area contributed by atoms with Crippen LogP contribution in [-0.4, -0.2) is 16.8 Å². The Labute approximate surface area is 148 Å². The summed E-state index contributed by atoms with van der Waals surface area (Å²) in [7, 11) is 0. The van der Waals surface area contributed by atoms with Gasteiger partial charge in [0.1, 0.15) is 0 Å². The van der Waals surface area contributed by atoms with Crippen molar-refractivity contribution in [2.24, 2.45) is 0 Å². The van der Waals surface area contributed by atoms with E-state index in [0.29, 0.717) is 6.54 Å². The molecular formula is C23H21NO. The van der Waals surface area contributed by atoms with Crippen LogP contribution in [0.25, 0.3) is 16.7 Å². The van der Waals surface area contributed by atoms with Crippen LogP contribution in [0.2, 0.25) is 0 Å². The average Bonchev–Trinajstić information content (AvgIpc) is 2.70. The first-order chi connectivity index (χ1) is 12.3. The van der Waals surface area contributed by atoms with E-state index in [2.05, 4.69) is 78.9 Å². The molecule has 1 heterocycles. The lowest BCUT2D eigenvalue weighted by Crippen LogP contribution is -2.28. The molecule has 0 saturated heterocycles. The minimum Gasteiger partial charge on any atom is -0.313 e. The molecule has 0 spiro atoms. The molecule has 25 heavy (non-hydrogen) atoms. The number of rotatable bonds is 3. The fourth-order valence-corrected chi connectivity index (χ4v) is 3.40. The van der Waals surface area contributed by atoms with Crippen molar-refractivity contribution in [1.29, 1.82) is 0 Å². The van der Waals surface area contributed by atoms with Gasteiger partial charge in [0, 0.05) is 6.54 Å². The second-order valence-electron chi connectivity index (χ2n) is 6.40. The summed E-state index contributed by atoms with van der Waals surface area (Å²) in [6.45, 7) is 0.645. The Morgan fingerprint density at radius 1 is 0.680 bits per heavy atom. The van der Waals surface area contributed by atoms with Gasteiger partial charge in [-0.15, -0.1) is 0 Å². The van der Waals surface area contributed by atoms with Crippen LogP contribution in [0.4, 0.5) is 0 Å². The van der Waals surface area contributed by atoms with E-state index in [1.165, 1.54) is 27.3 Å². The second-order valence-corrected chi connectivity index (χ2v) is 6.40. The minimum absolute atomic E-state index is 0.103. The summed E-state index contributed by atoms with van der Waals surface area (Å²) in [4.78, 5) is 0. The maximum Gasteiger partial charge on any atom is 0.0786 e. The number of benzene rings is 3. The fourth-order valence-electron chi connectivity index (χ4n) is 3.40. The van der Waals surface area contributed by atoms with Crippen LogP contribution >= 0.6 is 0 Å². The molecule has 1 atom stereocenters. The third kappa shape index (κ3) is 3.41. The Morgan fingerprint density at radius 3 is 1.88 bits per heavy atom. The summed E-state index contributed by atoms with van der Waals surface area (Å²) in [5.41, 5.74) is 6.04. The average molecular weight is 327 g/mol. The molecule has 1 aliphatic rings. The van der Waals surface area contributed by atoms with E-state index in [1.807, 2.05) is 12.1 Å². The molecule has 1 aliphatic heterocycles. The molecule has 1 N–H and O–H groups in total. The Balaban J connectivity index is 1.63. The predicted octanol–water partition coefficient (Wildman–Crippen LogP) is 5.57. The third-order valence-corrected chi connectivity index (χ3v) is 4.79. The van der Waals surface area contributed by atoms with Gasteiger partial charge < -0.3 is 5.21 Å². The molecule has 4 rings (SSSR count). The van der Waals surface area contributed by atoms with E-state index in [-0.39, 0.29) is 6.04 Å². The lowest BCUT2D eigenvalue weighted by atomic mass is 9.93. The molecule has 3 aromatic carbocycles. The van der Waals surface area contributed by atoms with Crippen LogP contribution in [0.5, 0.6) is 0 Å². The van der Waals surface area contributed by atoms with Crippen molar-refractivity contribution in [2.75, 3.05) is 6.54 Å². The number of hydroxylamine groups is 2. The van der Waals surface area contributed by atoms with Gasteiger partial charge in [-0.25, -0.2) is 0 Å². The van der Waals surface area contributed by atoms with Crippen molar-refractivity contribution >= 4 is 5.57 Å². The Morgan fingerprint density at radius 2 is 1.24 bits per heavy atom. The standard InChI is InChI=1S/C23H21NO/c25-24-16-15-22(19-9-5-2-6-10-19)17-23(24)21-13-11-20(12-14-21)18-7-3-1-4-8-18/h1-14,17,23,25H,15-16H2/t23-/m1/s1. The van der Waals surface area contributed by atoms with Crippen molar-refractivity contribution in [3.63, 3.8) is 0 Å². The first-order valence-corrected chi connectivity index (χ1v) is 8.68. The number of hydrogen-bond acceptors (Lipinski definition) is 2. The minimum atomic E-state index is -0.103. The van der Waals surface area contributed by atoms with E-state index in [4.69, 9.17) is 0 Å². The van der Waals surface area contributed by atoms with E-state index in [9.17, 15) is 5.21 Å². The number of hydrogen-bond donors (Lipinski definition) is 1. The van der Waals surface area contributed by atoms with Crippen LogP contribution in [0.1, 0.15) is 23.6 Å². The molecule has 0 radical (unpaired) electrons. The van der Waals surface area contributed by atoms with Gasteiger partial charge in [-0.05, 0) is 34.2 Å². The van der Waals surface area contributed by atoms with Gasteiger partial charge in [-0.3, -0.25) is 0 Å². The lowest BCUT2D eigenvalue weighted by molar-refractivity contribution is -0.116. The highest BCUT2D eigenvalue weighted by Crippen LogP contribution is 2.33. The number of nitrogens with zero attached hydrogens (tertiary/aromatic N) is 1. The Kier molecular flexibility index (Phi) is 4.47. The molecule has 0 bridgehead atoms. The molecule has 2 nitrogen and oxygen atoms in total. The third-order valence-electron chi connectivity index (χ3n) is 4.79. The molecule has 124 valence electrons. The summed E-state index contributed by atoms with van der Waals surface area (Å²) in [6, 6.07) is 29.2. The van der Waals surface area contributed by atoms with E-state index >= 15 is 0 Å². The quantitative estimate of drug-likeness (QED) is 0.679. The highest BCUT2D eigenvalue weighted by Gasteiger charge is 2.22. The van der Waals surface area contributed by atoms with Gasteiger partial charge in [-0.1, -0.05) is 91.0 Å². The maximum atomic E-state index is 10.4. The zero-order valence-electron chi connectivity index (χ0n) is 14.0. The monoisotopic (exact) mass is 327 g/mol. The van der Waals surface area contributed by atoms with Gasteiger partial charge in [0.15, 0.2) is 0 Å². The van der Waals surface area contributed by atoms with Gasteiger partial charge in [0.05, 0.1) is 6.04 Å². The van der Waals surface area contributed by atoms with E-state index in [0.717, 1.165) is 12.0 Å². The molecule has 2 heteroatoms. The molecule has 0 saturated carbocycles. The smallest absolute Gasteiger partial charge is 0.0786 e. The highest BCUT2D eigenvalue weighted by atomic mass is 16.5. The van der Waals surface area contributed by atoms with Crippen molar-refractivity contribution in [1.82, 2.24) is 5.06 Å². The molecule has 3 aromatic rings. The van der Waals surface area contributed by atoms with Gasteiger partial charge >= 0.3 is 0 Å². The van der Waals surface area contributed by atoms with Gasteiger partial charge in [0.2, 0.25) is 0 Å². The Hall–Kier alpha value is -2.68. The predicted molar refractivity (Wildman–Crippen MR) is 102 cm³/mol. The van der Waals surface area contributed by atoms with Crippen molar-refractivity contribution in [3.05, 3.63) is 102 Å². The van der Waals surface area contributed by atoms with Crippen LogP contribution < -0.4 is 0 Å². The summed E-state index contributed by atoms with van der Waals surface area (Å²) < 4.78 is 0. The molecule has 0 unspecified atom stereocenters. The SMILES string of the molecule is ON1CCC(c2ccccc2)=C[C@@H]1c1ccc(-c2ccccc2)cc1. The normalized spacial score (nSPS) is 18.0. The summed E-state index contributed by atoms with van der Waals surface area (Å²) in [5.74, 6) is 0. The van der Waals surface area contributed by atoms with Crippen molar-refractivity contribution in [2.45, 2.75) is 12.5 Å². The summed E-state index contributed by atoms with van der Waals surface area (Å²) in [6.07, 6.45) is 3.04. The van der Waals surface area contributed by atoms with Crippen LogP contribution in [-0.2, 0) is 0 Å². The topological polar surface area (TPSA) is 23.5 Å². The van der Waals surface area contributed by atoms with Gasteiger partial charge in [0.25, 0.3) is 0 Å². The summed E-state index contributed by atoms with van der Waals surface area (Å²) >= 11 is 0. The van der Waals surface area contributed by atoms with Crippen molar-refractivity contribution < 1.29 is 5.21 Å². The highest BCUT2D eigenvalue weighted by molar-refractivity contribution is 5.68. The summed E-state index contributed by atoms with van der Waals surface area (Å²) in [5, 5.41) is 11.8. The lowest BCUT2D eigenvalue weighted by Gasteiger charge is -2.30. The molecule has 0 fully saturated rings. The first kappa shape index (κ1) is 15.8.